The largest absolute Gasteiger partial charge is 0.492 e. The van der Waals surface area contributed by atoms with Crippen molar-refractivity contribution in [1.29, 1.82) is 0 Å². The number of hydrogen-bond donors (Lipinski definition) is 2. The number of aryl methyl sites for hydroxylation is 2. The van der Waals surface area contributed by atoms with Crippen LogP contribution in [0.15, 0.2) is 71.6 Å². The van der Waals surface area contributed by atoms with Gasteiger partial charge in [0.05, 0.1) is 29.1 Å². The summed E-state index contributed by atoms with van der Waals surface area (Å²) in [5.74, 6) is -0.264. The molecule has 192 valence electrons. The van der Waals surface area contributed by atoms with Gasteiger partial charge in [-0.25, -0.2) is 16.8 Å². The minimum Gasteiger partial charge on any atom is -0.492 e. The first-order valence-corrected chi connectivity index (χ1v) is 14.4. The molecule has 0 spiro atoms. The highest BCUT2D eigenvalue weighted by atomic mass is 32.2. The molecule has 9 nitrogen and oxygen atoms in total. The summed E-state index contributed by atoms with van der Waals surface area (Å²) in [6.45, 7) is 5.35. The summed E-state index contributed by atoms with van der Waals surface area (Å²) in [5, 5.41) is 2.61. The van der Waals surface area contributed by atoms with Crippen LogP contribution in [0.3, 0.4) is 0 Å². The van der Waals surface area contributed by atoms with E-state index in [2.05, 4.69) is 10.0 Å². The van der Waals surface area contributed by atoms with Gasteiger partial charge in [-0.1, -0.05) is 29.8 Å². The molecule has 0 aliphatic heterocycles. The molecule has 1 amide bonds. The lowest BCUT2D eigenvalue weighted by atomic mass is 10.1. The quantitative estimate of drug-likeness (QED) is 0.409. The van der Waals surface area contributed by atoms with E-state index >= 15 is 0 Å². The van der Waals surface area contributed by atoms with Crippen molar-refractivity contribution in [1.82, 2.24) is 0 Å². The first-order chi connectivity index (χ1) is 16.9. The van der Waals surface area contributed by atoms with Gasteiger partial charge in [-0.05, 0) is 68.8 Å². The second kappa shape index (κ2) is 11.0. The van der Waals surface area contributed by atoms with Crippen LogP contribution in [0.4, 0.5) is 17.1 Å². The van der Waals surface area contributed by atoms with Crippen molar-refractivity contribution < 1.29 is 26.4 Å². The number of carbonyl (C=O) groups excluding carboxylic acids is 1. The molecular formula is C25H29N3O6S2. The molecule has 0 saturated heterocycles. The number of carbonyl (C=O) groups is 1. The summed E-state index contributed by atoms with van der Waals surface area (Å²) >= 11 is 0. The molecule has 3 aromatic carbocycles. The minimum absolute atomic E-state index is 0.0175. The minimum atomic E-state index is -3.84. The summed E-state index contributed by atoms with van der Waals surface area (Å²) in [4.78, 5) is 12.7. The van der Waals surface area contributed by atoms with Crippen LogP contribution < -0.4 is 19.1 Å². The predicted octanol–water partition coefficient (Wildman–Crippen LogP) is 3.91. The van der Waals surface area contributed by atoms with Crippen molar-refractivity contribution in [2.45, 2.75) is 25.7 Å². The van der Waals surface area contributed by atoms with Crippen LogP contribution in [0, 0.1) is 13.8 Å². The van der Waals surface area contributed by atoms with Crippen LogP contribution in [0.5, 0.6) is 5.75 Å². The second-order valence-corrected chi connectivity index (χ2v) is 11.8. The van der Waals surface area contributed by atoms with E-state index in [1.54, 1.807) is 37.3 Å². The van der Waals surface area contributed by atoms with Gasteiger partial charge in [0.25, 0.3) is 10.0 Å². The maximum Gasteiger partial charge on any atom is 0.261 e. The van der Waals surface area contributed by atoms with E-state index in [1.165, 1.54) is 24.3 Å². The van der Waals surface area contributed by atoms with Crippen LogP contribution >= 0.6 is 0 Å². The lowest BCUT2D eigenvalue weighted by molar-refractivity contribution is -0.114. The number of ether oxygens (including phenoxy) is 1. The third kappa shape index (κ3) is 6.76. The van der Waals surface area contributed by atoms with E-state index in [4.69, 9.17) is 4.74 Å². The van der Waals surface area contributed by atoms with Crippen LogP contribution in [0.25, 0.3) is 0 Å². The van der Waals surface area contributed by atoms with Crippen molar-refractivity contribution in [3.05, 3.63) is 77.9 Å². The van der Waals surface area contributed by atoms with E-state index in [-0.39, 0.29) is 10.6 Å². The van der Waals surface area contributed by atoms with Gasteiger partial charge in [-0.3, -0.25) is 13.8 Å². The second-order valence-electron chi connectivity index (χ2n) is 8.17. The Morgan fingerprint density at radius 1 is 0.944 bits per heavy atom. The Morgan fingerprint density at radius 3 is 2.22 bits per heavy atom. The molecule has 0 radical (unpaired) electrons. The Kier molecular flexibility index (Phi) is 8.26. The molecule has 0 aliphatic carbocycles. The van der Waals surface area contributed by atoms with Gasteiger partial charge in [0.15, 0.2) is 0 Å². The normalized spacial score (nSPS) is 11.6. The van der Waals surface area contributed by atoms with Crippen LogP contribution in [-0.4, -0.2) is 42.2 Å². The first-order valence-electron chi connectivity index (χ1n) is 11.1. The van der Waals surface area contributed by atoms with Gasteiger partial charge in [-0.15, -0.1) is 0 Å². The Labute approximate surface area is 212 Å². The van der Waals surface area contributed by atoms with Crippen molar-refractivity contribution in [2.75, 3.05) is 33.8 Å². The summed E-state index contributed by atoms with van der Waals surface area (Å²) in [7, 11) is -7.65. The first kappa shape index (κ1) is 27.0. The van der Waals surface area contributed by atoms with E-state index in [0.29, 0.717) is 23.7 Å². The van der Waals surface area contributed by atoms with Gasteiger partial charge < -0.3 is 10.1 Å². The maximum atomic E-state index is 12.8. The zero-order chi connectivity index (χ0) is 26.5. The summed E-state index contributed by atoms with van der Waals surface area (Å²) in [5.41, 5.74) is 2.86. The highest BCUT2D eigenvalue weighted by molar-refractivity contribution is 7.92. The van der Waals surface area contributed by atoms with E-state index in [0.717, 1.165) is 21.7 Å². The number of sulfonamides is 2. The molecule has 0 fully saturated rings. The predicted molar refractivity (Wildman–Crippen MR) is 142 cm³/mol. The van der Waals surface area contributed by atoms with Crippen molar-refractivity contribution >= 4 is 43.0 Å². The van der Waals surface area contributed by atoms with Gasteiger partial charge in [-0.2, -0.15) is 0 Å². The fraction of sp³-hybridized carbons (Fsp3) is 0.240. The highest BCUT2D eigenvalue weighted by Gasteiger charge is 2.24. The van der Waals surface area contributed by atoms with Gasteiger partial charge >= 0.3 is 0 Å². The van der Waals surface area contributed by atoms with Gasteiger partial charge in [0.1, 0.15) is 12.3 Å². The number of anilines is 3. The summed E-state index contributed by atoms with van der Waals surface area (Å²) in [6, 6.07) is 17.5. The smallest absolute Gasteiger partial charge is 0.261 e. The molecule has 0 aliphatic rings. The molecule has 2 N–H and O–H groups in total. The number of benzene rings is 3. The van der Waals surface area contributed by atoms with Crippen molar-refractivity contribution in [3.8, 4) is 5.75 Å². The highest BCUT2D eigenvalue weighted by Crippen LogP contribution is 2.30. The Bertz CT molecular complexity index is 1450. The molecule has 0 aromatic heterocycles. The summed E-state index contributed by atoms with van der Waals surface area (Å²) < 4.78 is 59.5. The number of nitrogens with one attached hydrogen (secondary N) is 2. The average Bonchev–Trinajstić information content (AvgIpc) is 2.80. The van der Waals surface area contributed by atoms with Crippen molar-refractivity contribution in [2.24, 2.45) is 0 Å². The number of para-hydroxylation sites is 2. The van der Waals surface area contributed by atoms with Gasteiger partial charge in [0, 0.05) is 5.69 Å². The number of hydrogen-bond acceptors (Lipinski definition) is 6. The number of rotatable bonds is 10. The molecule has 0 atom stereocenters. The molecular weight excluding hydrogens is 502 g/mol. The Balaban J connectivity index is 1.74. The Hall–Kier alpha value is -3.57. The lowest BCUT2D eigenvalue weighted by Gasteiger charge is -2.24. The monoisotopic (exact) mass is 531 g/mol. The molecule has 3 rings (SSSR count). The zero-order valence-electron chi connectivity index (χ0n) is 20.5. The average molecular weight is 532 g/mol. The van der Waals surface area contributed by atoms with E-state index in [9.17, 15) is 21.6 Å². The van der Waals surface area contributed by atoms with Gasteiger partial charge in [0.2, 0.25) is 15.9 Å². The topological polar surface area (TPSA) is 122 Å². The molecule has 0 heterocycles. The summed E-state index contributed by atoms with van der Waals surface area (Å²) in [6.07, 6.45) is 1.01. The van der Waals surface area contributed by atoms with Crippen molar-refractivity contribution in [3.63, 3.8) is 0 Å². The molecule has 36 heavy (non-hydrogen) atoms. The standard InChI is InChI=1S/C25H29N3O6S2/c1-5-34-24-9-7-6-8-23(24)28(35(4,30)31)17-25(29)26-20-11-13-21(14-12-20)36(32,33)27-22-15-10-18(2)16-19(22)3/h6-16,27H,5,17H2,1-4H3,(H,26,29). The third-order valence-electron chi connectivity index (χ3n) is 5.20. The fourth-order valence-electron chi connectivity index (χ4n) is 3.50. The number of amides is 1. The number of nitrogens with zero attached hydrogens (tertiary/aromatic N) is 1. The molecule has 3 aromatic rings. The zero-order valence-corrected chi connectivity index (χ0v) is 22.1. The maximum absolute atomic E-state index is 12.8. The third-order valence-corrected chi connectivity index (χ3v) is 7.70. The van der Waals surface area contributed by atoms with Crippen LogP contribution in [-0.2, 0) is 24.8 Å². The molecule has 0 unspecified atom stereocenters. The molecule has 0 saturated carbocycles. The molecule has 11 heteroatoms. The molecule has 0 bridgehead atoms. The van der Waals surface area contributed by atoms with E-state index < -0.39 is 32.5 Å². The SMILES string of the molecule is CCOc1ccccc1N(CC(=O)Nc1ccc(S(=O)(=O)Nc2ccc(C)cc2C)cc1)S(C)(=O)=O. The van der Waals surface area contributed by atoms with Crippen LogP contribution in [0.1, 0.15) is 18.1 Å². The van der Waals surface area contributed by atoms with Crippen LogP contribution in [0.2, 0.25) is 0 Å². The van der Waals surface area contributed by atoms with E-state index in [1.807, 2.05) is 26.0 Å². The fourth-order valence-corrected chi connectivity index (χ4v) is 5.49. The Morgan fingerprint density at radius 2 is 1.61 bits per heavy atom. The lowest BCUT2D eigenvalue weighted by Crippen LogP contribution is -2.37.